The van der Waals surface area contributed by atoms with E-state index in [2.05, 4.69) is 0 Å². The van der Waals surface area contributed by atoms with Crippen molar-refractivity contribution in [2.45, 2.75) is 44.4 Å². The smallest absolute Gasteiger partial charge is 0.254 e. The molecule has 5 nitrogen and oxygen atoms in total. The summed E-state index contributed by atoms with van der Waals surface area (Å²) in [7, 11) is 1.67. The Balaban J connectivity index is 1.89. The SMILES string of the molecule is C[C@@H]1CCCCN1C(=O)[C@H]1OCC(=O)N(C)[C@@H]1c1ccc(F)cc1. The van der Waals surface area contributed by atoms with Crippen LogP contribution in [-0.2, 0) is 14.3 Å². The van der Waals surface area contributed by atoms with Crippen molar-refractivity contribution in [1.82, 2.24) is 9.80 Å². The zero-order chi connectivity index (χ0) is 17.3. The lowest BCUT2D eigenvalue weighted by molar-refractivity contribution is -0.169. The van der Waals surface area contributed by atoms with Crippen LogP contribution in [0.5, 0.6) is 0 Å². The van der Waals surface area contributed by atoms with E-state index in [1.807, 2.05) is 11.8 Å². The molecular formula is C18H23FN2O3. The molecule has 0 spiro atoms. The summed E-state index contributed by atoms with van der Waals surface area (Å²) in [5.74, 6) is -0.618. The third-order valence-corrected chi connectivity index (χ3v) is 5.02. The van der Waals surface area contributed by atoms with Crippen molar-refractivity contribution in [2.75, 3.05) is 20.2 Å². The Morgan fingerprint density at radius 2 is 1.96 bits per heavy atom. The summed E-state index contributed by atoms with van der Waals surface area (Å²) in [6.07, 6.45) is 2.34. The molecule has 130 valence electrons. The average molecular weight is 334 g/mol. The summed E-state index contributed by atoms with van der Waals surface area (Å²) in [4.78, 5) is 28.5. The lowest BCUT2D eigenvalue weighted by atomic mass is 9.95. The van der Waals surface area contributed by atoms with Gasteiger partial charge < -0.3 is 14.5 Å². The van der Waals surface area contributed by atoms with Crippen LogP contribution in [0.25, 0.3) is 0 Å². The fraction of sp³-hybridized carbons (Fsp3) is 0.556. The summed E-state index contributed by atoms with van der Waals surface area (Å²) in [6.45, 7) is 2.65. The minimum atomic E-state index is -0.751. The van der Waals surface area contributed by atoms with Gasteiger partial charge in [0.15, 0.2) is 6.10 Å². The molecule has 1 aromatic carbocycles. The van der Waals surface area contributed by atoms with Gasteiger partial charge in [-0.25, -0.2) is 4.39 Å². The number of hydrogen-bond donors (Lipinski definition) is 0. The van der Waals surface area contributed by atoms with E-state index in [1.165, 1.54) is 17.0 Å². The standard InChI is InChI=1S/C18H23FN2O3/c1-12-5-3-4-10-21(12)18(23)17-16(20(2)15(22)11-24-17)13-6-8-14(19)9-7-13/h6-9,12,16-17H,3-5,10-11H2,1-2H3/t12-,16-,17+/m1/s1. The molecule has 0 N–H and O–H groups in total. The van der Waals surface area contributed by atoms with Gasteiger partial charge in [0.1, 0.15) is 12.4 Å². The highest BCUT2D eigenvalue weighted by atomic mass is 19.1. The summed E-state index contributed by atoms with van der Waals surface area (Å²) < 4.78 is 18.9. The molecule has 24 heavy (non-hydrogen) atoms. The number of likely N-dealkylation sites (N-methyl/N-ethyl adjacent to an activating group) is 1. The Hall–Kier alpha value is -1.95. The van der Waals surface area contributed by atoms with Gasteiger partial charge in [-0.3, -0.25) is 9.59 Å². The van der Waals surface area contributed by atoms with Gasteiger partial charge in [-0.15, -0.1) is 0 Å². The fourth-order valence-electron chi connectivity index (χ4n) is 3.57. The fourth-order valence-corrected chi connectivity index (χ4v) is 3.57. The molecule has 2 aliphatic rings. The van der Waals surface area contributed by atoms with Crippen molar-refractivity contribution in [3.63, 3.8) is 0 Å². The topological polar surface area (TPSA) is 49.9 Å². The second kappa shape index (κ2) is 6.89. The van der Waals surface area contributed by atoms with Crippen LogP contribution in [0.1, 0.15) is 37.8 Å². The van der Waals surface area contributed by atoms with Crippen molar-refractivity contribution in [1.29, 1.82) is 0 Å². The number of amides is 2. The Morgan fingerprint density at radius 3 is 2.62 bits per heavy atom. The third kappa shape index (κ3) is 3.15. The number of carbonyl (C=O) groups excluding carboxylic acids is 2. The van der Waals surface area contributed by atoms with Gasteiger partial charge >= 0.3 is 0 Å². The second-order valence-electron chi connectivity index (χ2n) is 6.61. The quantitative estimate of drug-likeness (QED) is 0.832. The summed E-state index contributed by atoms with van der Waals surface area (Å²) in [6, 6.07) is 5.54. The number of morpholine rings is 1. The lowest BCUT2D eigenvalue weighted by Gasteiger charge is -2.42. The predicted molar refractivity (Wildman–Crippen MR) is 86.7 cm³/mol. The highest BCUT2D eigenvalue weighted by Crippen LogP contribution is 2.31. The summed E-state index contributed by atoms with van der Waals surface area (Å²) >= 11 is 0. The molecule has 0 bridgehead atoms. The number of benzene rings is 1. The lowest BCUT2D eigenvalue weighted by Crippen LogP contribution is -2.56. The van der Waals surface area contributed by atoms with Gasteiger partial charge in [0.2, 0.25) is 5.91 Å². The molecular weight excluding hydrogens is 311 g/mol. The van der Waals surface area contributed by atoms with Crippen LogP contribution in [0.4, 0.5) is 4.39 Å². The molecule has 2 heterocycles. The minimum absolute atomic E-state index is 0.0872. The molecule has 3 rings (SSSR count). The number of rotatable bonds is 2. The van der Waals surface area contributed by atoms with Crippen LogP contribution in [-0.4, -0.2) is 54.0 Å². The maximum atomic E-state index is 13.2. The highest BCUT2D eigenvalue weighted by Gasteiger charge is 2.42. The van der Waals surface area contributed by atoms with Crippen molar-refractivity contribution in [3.8, 4) is 0 Å². The Labute approximate surface area is 141 Å². The van der Waals surface area contributed by atoms with Gasteiger partial charge in [-0.05, 0) is 43.9 Å². The number of hydrogen-bond acceptors (Lipinski definition) is 3. The number of piperidine rings is 1. The van der Waals surface area contributed by atoms with Crippen molar-refractivity contribution >= 4 is 11.8 Å². The first kappa shape index (κ1) is 16.9. The van der Waals surface area contributed by atoms with Crippen molar-refractivity contribution in [2.24, 2.45) is 0 Å². The molecule has 1 aromatic rings. The molecule has 2 aliphatic heterocycles. The third-order valence-electron chi connectivity index (χ3n) is 5.02. The van der Waals surface area contributed by atoms with Gasteiger partial charge in [0.05, 0.1) is 6.04 Å². The molecule has 3 atom stereocenters. The Kier molecular flexibility index (Phi) is 4.85. The molecule has 2 amide bonds. The Bertz CT molecular complexity index is 619. The molecule has 2 saturated heterocycles. The molecule has 0 aliphatic carbocycles. The number of carbonyl (C=O) groups is 2. The van der Waals surface area contributed by atoms with E-state index < -0.39 is 12.1 Å². The monoisotopic (exact) mass is 334 g/mol. The first-order valence-corrected chi connectivity index (χ1v) is 8.42. The van der Waals surface area contributed by atoms with E-state index in [-0.39, 0.29) is 30.3 Å². The van der Waals surface area contributed by atoms with E-state index in [0.717, 1.165) is 19.3 Å². The van der Waals surface area contributed by atoms with Crippen molar-refractivity contribution in [3.05, 3.63) is 35.6 Å². The zero-order valence-electron chi connectivity index (χ0n) is 14.1. The van der Waals surface area contributed by atoms with E-state index in [0.29, 0.717) is 12.1 Å². The number of likely N-dealkylation sites (tertiary alicyclic amines) is 1. The minimum Gasteiger partial charge on any atom is -0.356 e. The van der Waals surface area contributed by atoms with Crippen LogP contribution in [0.2, 0.25) is 0 Å². The molecule has 0 unspecified atom stereocenters. The normalized spacial score (nSPS) is 28.1. The van der Waals surface area contributed by atoms with E-state index >= 15 is 0 Å². The molecule has 0 aromatic heterocycles. The van der Waals surface area contributed by atoms with Crippen molar-refractivity contribution < 1.29 is 18.7 Å². The van der Waals surface area contributed by atoms with Crippen LogP contribution in [0.15, 0.2) is 24.3 Å². The molecule has 2 fully saturated rings. The molecule has 0 radical (unpaired) electrons. The average Bonchev–Trinajstić information content (AvgIpc) is 2.58. The van der Waals surface area contributed by atoms with Gasteiger partial charge in [0, 0.05) is 19.6 Å². The predicted octanol–water partition coefficient (Wildman–Crippen LogP) is 2.12. The zero-order valence-corrected chi connectivity index (χ0v) is 14.1. The molecule has 0 saturated carbocycles. The maximum Gasteiger partial charge on any atom is 0.254 e. The molecule has 6 heteroatoms. The second-order valence-corrected chi connectivity index (χ2v) is 6.61. The van der Waals surface area contributed by atoms with Gasteiger partial charge in [-0.1, -0.05) is 12.1 Å². The maximum absolute atomic E-state index is 13.2. The van der Waals surface area contributed by atoms with Gasteiger partial charge in [-0.2, -0.15) is 0 Å². The van der Waals surface area contributed by atoms with Crippen LogP contribution in [0, 0.1) is 5.82 Å². The summed E-state index contributed by atoms with van der Waals surface area (Å²) in [5.41, 5.74) is 0.704. The van der Waals surface area contributed by atoms with Crippen LogP contribution < -0.4 is 0 Å². The van der Waals surface area contributed by atoms with E-state index in [1.54, 1.807) is 19.2 Å². The van der Waals surface area contributed by atoms with Gasteiger partial charge in [0.25, 0.3) is 5.91 Å². The highest BCUT2D eigenvalue weighted by molar-refractivity contribution is 5.86. The summed E-state index contributed by atoms with van der Waals surface area (Å²) in [5, 5.41) is 0. The number of ether oxygens (including phenoxy) is 1. The first-order valence-electron chi connectivity index (χ1n) is 8.42. The Morgan fingerprint density at radius 1 is 1.25 bits per heavy atom. The largest absolute Gasteiger partial charge is 0.356 e. The van der Waals surface area contributed by atoms with Crippen LogP contribution in [0.3, 0.4) is 0 Å². The van der Waals surface area contributed by atoms with Crippen LogP contribution >= 0.6 is 0 Å². The first-order chi connectivity index (χ1) is 11.5. The van der Waals surface area contributed by atoms with E-state index in [9.17, 15) is 14.0 Å². The number of nitrogens with zero attached hydrogens (tertiary/aromatic N) is 2. The number of halogens is 1. The van der Waals surface area contributed by atoms with E-state index in [4.69, 9.17) is 4.74 Å².